The van der Waals surface area contributed by atoms with E-state index in [2.05, 4.69) is 6.92 Å². The van der Waals surface area contributed by atoms with Crippen molar-refractivity contribution in [2.45, 2.75) is 57.8 Å². The van der Waals surface area contributed by atoms with Crippen LogP contribution in [0.4, 0.5) is 8.78 Å². The topological polar surface area (TPSA) is 0 Å². The molecule has 0 heterocycles. The molecule has 2 aliphatic carbocycles. The van der Waals surface area contributed by atoms with Crippen molar-refractivity contribution in [2.75, 3.05) is 0 Å². The van der Waals surface area contributed by atoms with Gasteiger partial charge in [0, 0.05) is 5.02 Å². The Morgan fingerprint density at radius 1 is 1.08 bits per heavy atom. The van der Waals surface area contributed by atoms with Crippen molar-refractivity contribution in [1.82, 2.24) is 0 Å². The third kappa shape index (κ3) is 3.17. The highest BCUT2D eigenvalue weighted by molar-refractivity contribution is 6.30. The van der Waals surface area contributed by atoms with Gasteiger partial charge in [-0.3, -0.25) is 0 Å². The lowest BCUT2D eigenvalue weighted by molar-refractivity contribution is 0.199. The SMILES string of the molecule is CCC[C@@H]1CC[C@@H]2c3cc(F)c(-c4ccc(Cl)cc4)c(F)c3CC[C@@H]2C1. The monoisotopic (exact) mass is 374 g/mol. The maximum Gasteiger partial charge on any atom is 0.137 e. The molecule has 2 aromatic carbocycles. The van der Waals surface area contributed by atoms with Crippen molar-refractivity contribution in [2.24, 2.45) is 11.8 Å². The third-order valence-corrected chi connectivity index (χ3v) is 6.69. The van der Waals surface area contributed by atoms with Crippen LogP contribution in [0.25, 0.3) is 11.1 Å². The van der Waals surface area contributed by atoms with E-state index < -0.39 is 5.82 Å². The van der Waals surface area contributed by atoms with Gasteiger partial charge < -0.3 is 0 Å². The zero-order valence-corrected chi connectivity index (χ0v) is 16.0. The zero-order valence-electron chi connectivity index (χ0n) is 15.2. The summed E-state index contributed by atoms with van der Waals surface area (Å²) in [5.41, 5.74) is 2.33. The molecule has 26 heavy (non-hydrogen) atoms. The lowest BCUT2D eigenvalue weighted by Gasteiger charge is -2.41. The van der Waals surface area contributed by atoms with Crippen LogP contribution in [0.2, 0.25) is 5.02 Å². The molecule has 0 N–H and O–H groups in total. The standard InChI is InChI=1S/C23H25ClF2/c1-2-3-14-4-10-18-16(12-14)7-11-19-20(18)13-21(25)22(23(19)26)15-5-8-17(24)9-6-15/h5-6,8-9,13-14,16,18H,2-4,7,10-12H2,1H3/t14-,16-,18+/m1/s1. The second kappa shape index (κ2) is 7.31. The molecular formula is C23H25ClF2. The highest BCUT2D eigenvalue weighted by Crippen LogP contribution is 2.49. The van der Waals surface area contributed by atoms with E-state index in [4.69, 9.17) is 11.6 Å². The number of rotatable bonds is 3. The van der Waals surface area contributed by atoms with E-state index in [1.807, 2.05) is 0 Å². The summed E-state index contributed by atoms with van der Waals surface area (Å²) in [4.78, 5) is 0. The normalized spacial score (nSPS) is 24.8. The molecule has 3 atom stereocenters. The van der Waals surface area contributed by atoms with Crippen molar-refractivity contribution < 1.29 is 8.78 Å². The van der Waals surface area contributed by atoms with E-state index >= 15 is 4.39 Å². The van der Waals surface area contributed by atoms with Crippen LogP contribution >= 0.6 is 11.6 Å². The van der Waals surface area contributed by atoms with Crippen LogP contribution < -0.4 is 0 Å². The van der Waals surface area contributed by atoms with Gasteiger partial charge in [0.25, 0.3) is 0 Å². The molecular weight excluding hydrogens is 350 g/mol. The molecule has 1 fully saturated rings. The molecule has 0 radical (unpaired) electrons. The van der Waals surface area contributed by atoms with Gasteiger partial charge in [-0.2, -0.15) is 0 Å². The van der Waals surface area contributed by atoms with Crippen LogP contribution in [0.3, 0.4) is 0 Å². The van der Waals surface area contributed by atoms with Gasteiger partial charge in [0.05, 0.1) is 5.56 Å². The first-order chi connectivity index (χ1) is 12.6. The minimum absolute atomic E-state index is 0.0959. The van der Waals surface area contributed by atoms with Crippen LogP contribution in [-0.4, -0.2) is 0 Å². The van der Waals surface area contributed by atoms with E-state index in [0.717, 1.165) is 36.3 Å². The average Bonchev–Trinajstić information content (AvgIpc) is 2.63. The van der Waals surface area contributed by atoms with Gasteiger partial charge in [-0.15, -0.1) is 0 Å². The maximum absolute atomic E-state index is 15.3. The summed E-state index contributed by atoms with van der Waals surface area (Å²) in [6.45, 7) is 2.24. The van der Waals surface area contributed by atoms with Gasteiger partial charge in [0.1, 0.15) is 11.6 Å². The van der Waals surface area contributed by atoms with Gasteiger partial charge >= 0.3 is 0 Å². The molecule has 0 amide bonds. The third-order valence-electron chi connectivity index (χ3n) is 6.44. The smallest absolute Gasteiger partial charge is 0.137 e. The van der Waals surface area contributed by atoms with Gasteiger partial charge in [-0.25, -0.2) is 8.78 Å². The maximum atomic E-state index is 15.3. The number of fused-ring (bicyclic) bond motifs is 3. The molecule has 2 aromatic rings. The second-order valence-electron chi connectivity index (χ2n) is 8.00. The fourth-order valence-corrected chi connectivity index (χ4v) is 5.36. The Kier molecular flexibility index (Phi) is 5.05. The molecule has 4 rings (SSSR count). The molecule has 3 heteroatoms. The molecule has 0 saturated heterocycles. The van der Waals surface area contributed by atoms with Crippen LogP contribution in [0.1, 0.15) is 62.5 Å². The molecule has 0 aliphatic heterocycles. The molecule has 0 spiro atoms. The summed E-state index contributed by atoms with van der Waals surface area (Å²) in [6, 6.07) is 8.37. The lowest BCUT2D eigenvalue weighted by Crippen LogP contribution is -2.29. The summed E-state index contributed by atoms with van der Waals surface area (Å²) in [5.74, 6) is 0.908. The fraction of sp³-hybridized carbons (Fsp3) is 0.478. The predicted molar refractivity (Wildman–Crippen MR) is 104 cm³/mol. The molecule has 0 nitrogen and oxygen atoms in total. The van der Waals surface area contributed by atoms with Crippen molar-refractivity contribution in [1.29, 1.82) is 0 Å². The largest absolute Gasteiger partial charge is 0.206 e. The van der Waals surface area contributed by atoms with Gasteiger partial charge in [-0.05, 0) is 84.7 Å². The van der Waals surface area contributed by atoms with Crippen LogP contribution in [0, 0.1) is 23.5 Å². The Morgan fingerprint density at radius 2 is 1.85 bits per heavy atom. The van der Waals surface area contributed by atoms with Crippen molar-refractivity contribution in [3.63, 3.8) is 0 Å². The molecule has 138 valence electrons. The van der Waals surface area contributed by atoms with Gasteiger partial charge in [0.2, 0.25) is 0 Å². The first kappa shape index (κ1) is 18.0. The Labute approximate surface area is 159 Å². The Hall–Kier alpha value is -1.41. The van der Waals surface area contributed by atoms with Gasteiger partial charge in [0.15, 0.2) is 0 Å². The van der Waals surface area contributed by atoms with Crippen LogP contribution in [-0.2, 0) is 6.42 Å². The first-order valence-corrected chi connectivity index (χ1v) is 10.2. The summed E-state index contributed by atoms with van der Waals surface area (Å²) in [7, 11) is 0. The predicted octanol–water partition coefficient (Wildman–Crippen LogP) is 7.53. The number of hydrogen-bond donors (Lipinski definition) is 0. The van der Waals surface area contributed by atoms with E-state index in [9.17, 15) is 4.39 Å². The minimum atomic E-state index is -0.445. The highest BCUT2D eigenvalue weighted by Gasteiger charge is 2.37. The Bertz CT molecular complexity index is 797. The second-order valence-corrected chi connectivity index (χ2v) is 8.43. The average molecular weight is 375 g/mol. The Balaban J connectivity index is 1.70. The quantitative estimate of drug-likeness (QED) is 0.520. The van der Waals surface area contributed by atoms with Crippen molar-refractivity contribution in [3.05, 3.63) is 58.1 Å². The summed E-state index contributed by atoms with van der Waals surface area (Å²) < 4.78 is 30.2. The first-order valence-electron chi connectivity index (χ1n) is 9.85. The van der Waals surface area contributed by atoms with E-state index in [-0.39, 0.29) is 11.4 Å². The van der Waals surface area contributed by atoms with E-state index in [1.54, 1.807) is 30.3 Å². The highest BCUT2D eigenvalue weighted by atomic mass is 35.5. The summed E-state index contributed by atoms with van der Waals surface area (Å²) >= 11 is 5.92. The lowest BCUT2D eigenvalue weighted by atomic mass is 9.64. The molecule has 0 aromatic heterocycles. The Morgan fingerprint density at radius 3 is 2.58 bits per heavy atom. The van der Waals surface area contributed by atoms with E-state index in [0.29, 0.717) is 22.4 Å². The van der Waals surface area contributed by atoms with E-state index in [1.165, 1.54) is 25.7 Å². The minimum Gasteiger partial charge on any atom is -0.206 e. The molecule has 1 saturated carbocycles. The molecule has 2 aliphatic rings. The number of halogens is 3. The van der Waals surface area contributed by atoms with Crippen molar-refractivity contribution in [3.8, 4) is 11.1 Å². The van der Waals surface area contributed by atoms with Crippen molar-refractivity contribution >= 4 is 11.6 Å². The zero-order chi connectivity index (χ0) is 18.3. The summed E-state index contributed by atoms with van der Waals surface area (Å²) in [6.07, 6.45) is 7.75. The fourth-order valence-electron chi connectivity index (χ4n) is 5.23. The van der Waals surface area contributed by atoms with Gasteiger partial charge in [-0.1, -0.05) is 43.5 Å². The van der Waals surface area contributed by atoms with Crippen LogP contribution in [0.15, 0.2) is 30.3 Å². The molecule has 0 bridgehead atoms. The van der Waals surface area contributed by atoms with Crippen LogP contribution in [0.5, 0.6) is 0 Å². The number of benzene rings is 2. The number of hydrogen-bond acceptors (Lipinski definition) is 0. The molecule has 0 unspecified atom stereocenters. The summed E-state index contributed by atoms with van der Waals surface area (Å²) in [5, 5.41) is 0.569.